The van der Waals surface area contributed by atoms with E-state index in [2.05, 4.69) is 226 Å². The number of para-hydroxylation sites is 3. The zero-order chi connectivity index (χ0) is 84.0. The molecule has 0 atom stereocenters. The van der Waals surface area contributed by atoms with Gasteiger partial charge in [0.25, 0.3) is 0 Å². The number of hydrogen-bond donors (Lipinski definition) is 0. The number of benzene rings is 20. The lowest BCUT2D eigenvalue weighted by molar-refractivity contribution is 0.660. The van der Waals surface area contributed by atoms with Gasteiger partial charge in [-0.3, -0.25) is 0 Å². The summed E-state index contributed by atoms with van der Waals surface area (Å²) in [5.74, 6) is 0. The first-order valence-corrected chi connectivity index (χ1v) is 38.6. The summed E-state index contributed by atoms with van der Waals surface area (Å²) in [5.41, 5.74) is 24.1. The molecular weight excluding hydrogens is 1380 g/mol. The quantitative estimate of drug-likeness (QED) is 0.142. The molecule has 1 aliphatic carbocycles. The summed E-state index contributed by atoms with van der Waals surface area (Å²) in [6.45, 7) is 4.65. The number of fused-ring (bicyclic) bond motifs is 18. The minimum Gasteiger partial charge on any atom is -0.456 e. The Bertz CT molecular complexity index is 8450. The van der Waals surface area contributed by atoms with Crippen molar-refractivity contribution < 1.29 is 27.0 Å². The molecule has 3 aromatic heterocycles. The normalized spacial score (nSPS) is 13.8. The first kappa shape index (κ1) is 55.7. The lowest BCUT2D eigenvalue weighted by Gasteiger charge is -2.23. The van der Waals surface area contributed by atoms with Crippen molar-refractivity contribution >= 4 is 130 Å². The Hall–Kier alpha value is -14.6. The molecule has 0 bridgehead atoms. The summed E-state index contributed by atoms with van der Waals surface area (Å²) >= 11 is 0. The van der Waals surface area contributed by atoms with Crippen LogP contribution in [0.3, 0.4) is 0 Å². The van der Waals surface area contributed by atoms with Crippen LogP contribution in [-0.2, 0) is 5.41 Å². The van der Waals surface area contributed by atoms with Gasteiger partial charge < -0.3 is 13.3 Å². The number of rotatable bonds is 8. The zero-order valence-electron chi connectivity index (χ0n) is 71.9. The highest BCUT2D eigenvalue weighted by atomic mass is 16.3. The maximum Gasteiger partial charge on any atom is 0.136 e. The molecule has 3 nitrogen and oxygen atoms in total. The van der Waals surface area contributed by atoms with Gasteiger partial charge in [0.05, 0.1) is 13.7 Å². The Balaban J connectivity index is 0.000000143. The van der Waals surface area contributed by atoms with Gasteiger partial charge in [-0.25, -0.2) is 0 Å². The molecule has 20 aromatic carbocycles. The van der Waals surface area contributed by atoms with Crippen LogP contribution in [0.15, 0.2) is 401 Å². The van der Waals surface area contributed by atoms with E-state index in [0.717, 1.165) is 197 Å². The van der Waals surface area contributed by atoms with Gasteiger partial charge in [-0.2, -0.15) is 0 Å². The van der Waals surface area contributed by atoms with Gasteiger partial charge in [-0.15, -0.1) is 0 Å². The van der Waals surface area contributed by atoms with Crippen molar-refractivity contribution in [3.05, 3.63) is 399 Å². The molecule has 0 saturated heterocycles. The van der Waals surface area contributed by atoms with Gasteiger partial charge in [-0.1, -0.05) is 329 Å². The maximum atomic E-state index is 9.08. The fraction of sp³-hybridized carbons (Fsp3) is 0.0270. The summed E-state index contributed by atoms with van der Waals surface area (Å²) in [5, 5.41) is 17.5. The third-order valence-electron chi connectivity index (χ3n) is 23.9. The maximum absolute atomic E-state index is 9.08. The summed E-state index contributed by atoms with van der Waals surface area (Å²) < 4.78 is 107. The Morgan fingerprint density at radius 1 is 0.202 bits per heavy atom. The van der Waals surface area contributed by atoms with Crippen LogP contribution in [0.25, 0.3) is 231 Å². The summed E-state index contributed by atoms with van der Waals surface area (Å²) in [6, 6.07) is 111. The number of furan rings is 3. The Labute approximate surface area is 672 Å². The molecule has 23 aromatic rings. The second-order valence-corrected chi connectivity index (χ2v) is 30.3. The van der Waals surface area contributed by atoms with Gasteiger partial charge in [0.2, 0.25) is 0 Å². The Morgan fingerprint density at radius 3 is 1.02 bits per heavy atom. The molecule has 0 aliphatic heterocycles. The highest BCUT2D eigenvalue weighted by Gasteiger charge is 2.36. The monoisotopic (exact) mass is 1460 g/mol. The van der Waals surface area contributed by atoms with E-state index in [1.165, 1.54) is 22.3 Å². The fourth-order valence-electron chi connectivity index (χ4n) is 18.9. The largest absolute Gasteiger partial charge is 0.456 e. The minimum atomic E-state index is -0.411. The lowest BCUT2D eigenvalue weighted by Crippen LogP contribution is -2.14. The second-order valence-electron chi connectivity index (χ2n) is 30.3. The summed E-state index contributed by atoms with van der Waals surface area (Å²) in [6.07, 6.45) is 0. The van der Waals surface area contributed by atoms with Crippen molar-refractivity contribution in [3.63, 3.8) is 0 Å². The first-order valence-electron chi connectivity index (χ1n) is 43.6. The van der Waals surface area contributed by atoms with Crippen molar-refractivity contribution in [1.82, 2.24) is 0 Å². The van der Waals surface area contributed by atoms with Crippen LogP contribution in [-0.4, -0.2) is 0 Å². The van der Waals surface area contributed by atoms with Crippen molar-refractivity contribution in [2.24, 2.45) is 0 Å². The van der Waals surface area contributed by atoms with E-state index in [-0.39, 0.29) is 64.9 Å². The van der Waals surface area contributed by atoms with Crippen LogP contribution in [0.2, 0.25) is 0 Å². The van der Waals surface area contributed by atoms with E-state index in [1.807, 2.05) is 115 Å². The van der Waals surface area contributed by atoms with Crippen LogP contribution < -0.4 is 0 Å². The zero-order valence-corrected chi connectivity index (χ0v) is 61.9. The van der Waals surface area contributed by atoms with Gasteiger partial charge in [-0.05, 0) is 238 Å². The first-order chi connectivity index (χ1) is 60.5. The molecule has 24 rings (SSSR count). The topological polar surface area (TPSA) is 39.4 Å². The van der Waals surface area contributed by atoms with Crippen LogP contribution in [0, 0.1) is 0 Å². The standard InChI is InChI=1S/C57H38O.C54H32O2/c1-57(2)49-26-14-12-20-41(49)42-29-28-37(34-50(42)57)54-40(30-31-52-56(54)47-25-13-15-27-51(47)58-52)38-32-36-18-6-7-19-39(36)48(33-38)55-45-23-10-8-21-43(45)53(35-16-4-3-5-17-35)44-22-9-11-24-46(44)55;1-2-14-33(15-3-1)51-41-19-6-8-21-43(41)53(44-22-9-7-20-42(44)51)46-31-36(30-34-16-4-5-17-37(34)46)38-28-29-49-54(45-23-11-13-25-48(45)55-49)52(38)35-26-27-40-39-18-10-12-24-47(39)56-50(40)32-35/h3-34H,1-2H3;1-32H/i3D,4D,5D,16D,17D;1D,2D,3D,14D,15D. The van der Waals surface area contributed by atoms with E-state index in [1.54, 1.807) is 0 Å². The molecule has 3 heterocycles. The van der Waals surface area contributed by atoms with E-state index >= 15 is 0 Å². The molecule has 0 radical (unpaired) electrons. The van der Waals surface area contributed by atoms with Crippen LogP contribution in [0.1, 0.15) is 38.7 Å². The Morgan fingerprint density at radius 2 is 0.544 bits per heavy atom. The second kappa shape index (κ2) is 25.7. The molecule has 1 aliphatic rings. The minimum absolute atomic E-state index is 0.186. The average molecular weight is 1460 g/mol. The van der Waals surface area contributed by atoms with Crippen molar-refractivity contribution in [2.45, 2.75) is 19.3 Å². The molecule has 0 unspecified atom stereocenters. The molecule has 114 heavy (non-hydrogen) atoms. The highest BCUT2D eigenvalue weighted by molar-refractivity contribution is 6.27. The van der Waals surface area contributed by atoms with Crippen molar-refractivity contribution in [3.8, 4) is 100 Å². The molecule has 0 fully saturated rings. The molecule has 0 spiro atoms. The highest BCUT2D eigenvalue weighted by Crippen LogP contribution is 2.55. The molecule has 0 amide bonds. The molecule has 0 N–H and O–H groups in total. The molecular formula is C111H70O3. The smallest absolute Gasteiger partial charge is 0.136 e. The number of hydrogen-bond acceptors (Lipinski definition) is 3. The third kappa shape index (κ3) is 10.1. The summed E-state index contributed by atoms with van der Waals surface area (Å²) in [4.78, 5) is 0. The van der Waals surface area contributed by atoms with E-state index in [9.17, 15) is 0 Å². The predicted octanol–water partition coefficient (Wildman–Crippen LogP) is 31.6. The van der Waals surface area contributed by atoms with Crippen molar-refractivity contribution in [2.75, 3.05) is 0 Å². The predicted molar refractivity (Wildman–Crippen MR) is 481 cm³/mol. The van der Waals surface area contributed by atoms with E-state index in [0.29, 0.717) is 11.1 Å². The SMILES string of the molecule is [2H]c1c([2H])c([2H])c(-c2c3ccccc3c(-c3cc(-c4ccc5oc6ccccc6c5c4-c4ccc5c(c4)C(C)(C)c4ccccc4-5)cc4ccccc34)c3ccccc23)c([2H])c1[2H].[2H]c1c([2H])c([2H])c(-c2c3ccccc3c(-c3cc(-c4ccc5oc6ccccc6c5c4-c4ccc5c(c4)oc4ccccc45)cc4ccccc34)c3ccccc23)c([2H])c1[2H]. The van der Waals surface area contributed by atoms with Crippen LogP contribution in [0.4, 0.5) is 0 Å². The average Bonchev–Trinajstić information content (AvgIpc) is 1.01. The molecule has 0 saturated carbocycles. The van der Waals surface area contributed by atoms with E-state index in [4.69, 9.17) is 27.0 Å². The molecule has 3 heteroatoms. The summed E-state index contributed by atoms with van der Waals surface area (Å²) in [7, 11) is 0. The lowest BCUT2D eigenvalue weighted by atomic mass is 9.80. The third-order valence-corrected chi connectivity index (χ3v) is 23.9. The van der Waals surface area contributed by atoms with Gasteiger partial charge in [0.15, 0.2) is 0 Å². The van der Waals surface area contributed by atoms with E-state index < -0.39 is 12.1 Å². The molecule has 532 valence electrons. The van der Waals surface area contributed by atoms with Crippen molar-refractivity contribution in [1.29, 1.82) is 0 Å². The van der Waals surface area contributed by atoms with Gasteiger partial charge in [0.1, 0.15) is 33.5 Å². The van der Waals surface area contributed by atoms with Gasteiger partial charge >= 0.3 is 0 Å². The Kier molecular flexibility index (Phi) is 12.6. The van der Waals surface area contributed by atoms with Crippen LogP contribution in [0.5, 0.6) is 0 Å². The fourth-order valence-corrected chi connectivity index (χ4v) is 18.9. The van der Waals surface area contributed by atoms with Gasteiger partial charge in [0, 0.05) is 48.9 Å². The van der Waals surface area contributed by atoms with Crippen LogP contribution >= 0.6 is 0 Å².